The summed E-state index contributed by atoms with van der Waals surface area (Å²) in [6, 6.07) is 7.72. The molecule has 0 atom stereocenters. The van der Waals surface area contributed by atoms with Gasteiger partial charge in [-0.2, -0.15) is 0 Å². The maximum absolute atomic E-state index is 11.1. The van der Waals surface area contributed by atoms with Crippen LogP contribution in [0.4, 0.5) is 0 Å². The van der Waals surface area contributed by atoms with Gasteiger partial charge in [0.05, 0.1) is 17.6 Å². The molecule has 0 bridgehead atoms. The first kappa shape index (κ1) is 9.71. The normalized spacial score (nSPS) is 10.8. The molecular formula is C11H13N3O. The van der Waals surface area contributed by atoms with Crippen molar-refractivity contribution < 1.29 is 4.79 Å². The largest absolute Gasteiger partial charge is 0.313 e. The number of ketones is 1. The molecule has 0 aliphatic heterocycles. The molecule has 2 aromatic rings. The summed E-state index contributed by atoms with van der Waals surface area (Å²) in [5.41, 5.74) is 2.26. The summed E-state index contributed by atoms with van der Waals surface area (Å²) >= 11 is 0. The van der Waals surface area contributed by atoms with E-state index in [4.69, 9.17) is 5.41 Å². The van der Waals surface area contributed by atoms with Crippen molar-refractivity contribution in [1.29, 1.82) is 5.41 Å². The molecule has 1 aromatic carbocycles. The van der Waals surface area contributed by atoms with Crippen LogP contribution in [0.25, 0.3) is 11.0 Å². The average molecular weight is 203 g/mol. The molecule has 4 nitrogen and oxygen atoms in total. The molecule has 0 saturated carbocycles. The van der Waals surface area contributed by atoms with Crippen LogP contribution in [0, 0.1) is 5.41 Å². The molecule has 1 heterocycles. The first-order valence-corrected chi connectivity index (χ1v) is 4.79. The predicted molar refractivity (Wildman–Crippen MR) is 57.4 cm³/mol. The van der Waals surface area contributed by atoms with Crippen LogP contribution in [-0.4, -0.2) is 14.9 Å². The minimum atomic E-state index is 0.0600. The van der Waals surface area contributed by atoms with Crippen LogP contribution < -0.4 is 5.62 Å². The van der Waals surface area contributed by atoms with E-state index in [0.717, 1.165) is 11.0 Å². The second kappa shape index (κ2) is 3.38. The van der Waals surface area contributed by atoms with Gasteiger partial charge in [0.2, 0.25) is 5.62 Å². The Morgan fingerprint density at radius 1 is 1.33 bits per heavy atom. The second-order valence-electron chi connectivity index (χ2n) is 3.66. The highest BCUT2D eigenvalue weighted by Gasteiger charge is 2.08. The molecule has 0 amide bonds. The number of benzene rings is 1. The maximum Gasteiger partial charge on any atom is 0.203 e. The predicted octanol–water partition coefficient (Wildman–Crippen LogP) is 1.05. The number of imidazole rings is 1. The number of Topliss-reactive ketones (excluding diaryl/α,β-unsaturated/α-hetero) is 1. The number of para-hydroxylation sites is 2. The van der Waals surface area contributed by atoms with Gasteiger partial charge in [-0.05, 0) is 19.1 Å². The monoisotopic (exact) mass is 203 g/mol. The standard InChI is InChI=1S/C11H13N3O/c1-8(15)7-14-10-6-4-3-5-9(10)13(2)11(14)12/h3-6,12H,7H2,1-2H3. The van der Waals surface area contributed by atoms with Crippen molar-refractivity contribution in [2.24, 2.45) is 7.05 Å². The summed E-state index contributed by atoms with van der Waals surface area (Å²) in [6.07, 6.45) is 0. The van der Waals surface area contributed by atoms with Crippen molar-refractivity contribution in [3.05, 3.63) is 29.9 Å². The van der Waals surface area contributed by atoms with Crippen molar-refractivity contribution in [3.8, 4) is 0 Å². The smallest absolute Gasteiger partial charge is 0.203 e. The van der Waals surface area contributed by atoms with Gasteiger partial charge in [0.1, 0.15) is 5.78 Å². The summed E-state index contributed by atoms with van der Waals surface area (Å²) in [5.74, 6) is 0.0600. The Kier molecular flexibility index (Phi) is 2.19. The number of hydrogen-bond donors (Lipinski definition) is 1. The van der Waals surface area contributed by atoms with Gasteiger partial charge in [0, 0.05) is 7.05 Å². The molecule has 0 aliphatic rings. The van der Waals surface area contributed by atoms with E-state index in [9.17, 15) is 4.79 Å². The first-order chi connectivity index (χ1) is 7.11. The zero-order valence-electron chi connectivity index (χ0n) is 8.82. The summed E-state index contributed by atoms with van der Waals surface area (Å²) in [4.78, 5) is 11.1. The van der Waals surface area contributed by atoms with Crippen LogP contribution in [0.15, 0.2) is 24.3 Å². The number of fused-ring (bicyclic) bond motifs is 1. The van der Waals surface area contributed by atoms with E-state index in [1.807, 2.05) is 31.3 Å². The first-order valence-electron chi connectivity index (χ1n) is 4.79. The number of carbonyl (C=O) groups excluding carboxylic acids is 1. The lowest BCUT2D eigenvalue weighted by Gasteiger charge is -1.99. The van der Waals surface area contributed by atoms with Gasteiger partial charge < -0.3 is 9.13 Å². The molecule has 15 heavy (non-hydrogen) atoms. The van der Waals surface area contributed by atoms with E-state index < -0.39 is 0 Å². The number of nitrogens with one attached hydrogen (secondary N) is 1. The lowest BCUT2D eigenvalue weighted by atomic mass is 10.3. The Morgan fingerprint density at radius 3 is 2.53 bits per heavy atom. The van der Waals surface area contributed by atoms with Gasteiger partial charge in [0.15, 0.2) is 0 Å². The van der Waals surface area contributed by atoms with E-state index in [2.05, 4.69) is 0 Å². The highest BCUT2D eigenvalue weighted by atomic mass is 16.1. The van der Waals surface area contributed by atoms with Crippen molar-refractivity contribution in [3.63, 3.8) is 0 Å². The van der Waals surface area contributed by atoms with Crippen LogP contribution in [0.2, 0.25) is 0 Å². The van der Waals surface area contributed by atoms with Crippen molar-refractivity contribution in [1.82, 2.24) is 9.13 Å². The molecule has 78 valence electrons. The number of nitrogens with zero attached hydrogens (tertiary/aromatic N) is 2. The molecule has 0 aliphatic carbocycles. The minimum Gasteiger partial charge on any atom is -0.313 e. The third kappa shape index (κ3) is 1.48. The van der Waals surface area contributed by atoms with Crippen LogP contribution in [-0.2, 0) is 18.4 Å². The van der Waals surface area contributed by atoms with Gasteiger partial charge in [-0.3, -0.25) is 10.2 Å². The van der Waals surface area contributed by atoms with Crippen LogP contribution >= 0.6 is 0 Å². The Labute approximate surface area is 87.3 Å². The van der Waals surface area contributed by atoms with E-state index in [1.54, 1.807) is 9.13 Å². The van der Waals surface area contributed by atoms with Crippen molar-refractivity contribution in [2.45, 2.75) is 13.5 Å². The van der Waals surface area contributed by atoms with E-state index in [-0.39, 0.29) is 12.3 Å². The molecule has 0 radical (unpaired) electrons. The summed E-state index contributed by atoms with van der Waals surface area (Å²) in [6.45, 7) is 1.80. The maximum atomic E-state index is 11.1. The fourth-order valence-electron chi connectivity index (χ4n) is 1.77. The van der Waals surface area contributed by atoms with E-state index in [0.29, 0.717) is 5.62 Å². The third-order valence-electron chi connectivity index (χ3n) is 2.49. The summed E-state index contributed by atoms with van der Waals surface area (Å²) in [7, 11) is 1.83. The number of aryl methyl sites for hydroxylation is 1. The van der Waals surface area contributed by atoms with Crippen molar-refractivity contribution >= 4 is 16.8 Å². The highest BCUT2D eigenvalue weighted by molar-refractivity contribution is 5.80. The molecule has 0 spiro atoms. The van der Waals surface area contributed by atoms with Crippen LogP contribution in [0.5, 0.6) is 0 Å². The van der Waals surface area contributed by atoms with E-state index in [1.165, 1.54) is 6.92 Å². The lowest BCUT2D eigenvalue weighted by molar-refractivity contribution is -0.117. The Hall–Kier alpha value is -1.84. The topological polar surface area (TPSA) is 50.8 Å². The van der Waals surface area contributed by atoms with Gasteiger partial charge in [0.25, 0.3) is 0 Å². The number of aromatic nitrogens is 2. The number of carbonyl (C=O) groups is 1. The molecule has 0 saturated heterocycles. The summed E-state index contributed by atoms with van der Waals surface area (Å²) < 4.78 is 3.50. The van der Waals surface area contributed by atoms with Gasteiger partial charge in [-0.15, -0.1) is 0 Å². The Bertz CT molecular complexity index is 577. The quantitative estimate of drug-likeness (QED) is 0.779. The molecule has 0 unspecified atom stereocenters. The van der Waals surface area contributed by atoms with Crippen LogP contribution in [0.3, 0.4) is 0 Å². The third-order valence-corrected chi connectivity index (χ3v) is 2.49. The van der Waals surface area contributed by atoms with Gasteiger partial charge in [-0.25, -0.2) is 0 Å². The molecular weight excluding hydrogens is 190 g/mol. The Balaban J connectivity index is 2.78. The SMILES string of the molecule is CC(=O)Cn1c(=N)n(C)c2ccccc21. The Morgan fingerprint density at radius 2 is 1.93 bits per heavy atom. The minimum absolute atomic E-state index is 0.0600. The molecule has 1 aromatic heterocycles. The van der Waals surface area contributed by atoms with E-state index >= 15 is 0 Å². The molecule has 2 rings (SSSR count). The van der Waals surface area contributed by atoms with Crippen LogP contribution in [0.1, 0.15) is 6.92 Å². The zero-order valence-corrected chi connectivity index (χ0v) is 8.82. The van der Waals surface area contributed by atoms with Gasteiger partial charge in [-0.1, -0.05) is 12.1 Å². The zero-order chi connectivity index (χ0) is 11.0. The molecule has 1 N–H and O–H groups in total. The van der Waals surface area contributed by atoms with Gasteiger partial charge >= 0.3 is 0 Å². The lowest BCUT2D eigenvalue weighted by Crippen LogP contribution is -2.24. The molecule has 4 heteroatoms. The fraction of sp³-hybridized carbons (Fsp3) is 0.273. The summed E-state index contributed by atoms with van der Waals surface area (Å²) in [5, 5.41) is 7.89. The number of hydrogen-bond acceptors (Lipinski definition) is 2. The molecule has 0 fully saturated rings. The fourth-order valence-corrected chi connectivity index (χ4v) is 1.77. The average Bonchev–Trinajstić information content (AvgIpc) is 2.44. The number of rotatable bonds is 2. The van der Waals surface area contributed by atoms with Crippen molar-refractivity contribution in [2.75, 3.05) is 0 Å². The highest BCUT2D eigenvalue weighted by Crippen LogP contribution is 2.10. The second-order valence-corrected chi connectivity index (χ2v) is 3.66.